The summed E-state index contributed by atoms with van der Waals surface area (Å²) in [5.41, 5.74) is 0. The van der Waals surface area contributed by atoms with Crippen LogP contribution in [0.2, 0.25) is 0 Å². The van der Waals surface area contributed by atoms with Crippen LogP contribution >= 0.6 is 0 Å². The number of carbonyl (C=O) groups excluding carboxylic acids is 2. The van der Waals surface area contributed by atoms with Crippen LogP contribution in [0.5, 0.6) is 0 Å². The highest BCUT2D eigenvalue weighted by atomic mass is 16.7. The first-order valence-corrected chi connectivity index (χ1v) is 24.4. The molecule has 10 nitrogen and oxygen atoms in total. The van der Waals surface area contributed by atoms with Crippen molar-refractivity contribution in [2.75, 3.05) is 19.8 Å². The Hall–Kier alpha value is -2.60. The van der Waals surface area contributed by atoms with Gasteiger partial charge in [0, 0.05) is 12.8 Å². The Morgan fingerprint density at radius 3 is 1.46 bits per heavy atom. The zero-order chi connectivity index (χ0) is 44.4. The smallest absolute Gasteiger partial charge is 0.306 e. The van der Waals surface area contributed by atoms with Crippen LogP contribution in [-0.2, 0) is 28.5 Å². The SMILES string of the molecule is CCCCCCCCC/C=C/C/C=C/C/C=C/C/C=C/CCCC(=O)OC[C@@H](CO[C@H]1O[C@@H](CO)[C@@H](O)C(O)C1O)OC(=O)CC/C=C/CCCCCCCCCCCCC. The maximum absolute atomic E-state index is 12.8. The molecule has 0 spiro atoms. The first-order chi connectivity index (χ1) is 29.8. The highest BCUT2D eigenvalue weighted by molar-refractivity contribution is 5.70. The lowest BCUT2D eigenvalue weighted by Crippen LogP contribution is -2.59. The van der Waals surface area contributed by atoms with E-state index in [0.717, 1.165) is 38.5 Å². The van der Waals surface area contributed by atoms with Gasteiger partial charge < -0.3 is 39.4 Å². The molecule has 2 unspecified atom stereocenters. The van der Waals surface area contributed by atoms with E-state index in [1.54, 1.807) is 0 Å². The molecule has 10 heteroatoms. The fourth-order valence-electron chi connectivity index (χ4n) is 7.02. The minimum atomic E-state index is -1.61. The highest BCUT2D eigenvalue weighted by Crippen LogP contribution is 2.22. The molecule has 0 aromatic heterocycles. The number of ether oxygens (including phenoxy) is 4. The van der Waals surface area contributed by atoms with E-state index in [1.807, 2.05) is 6.08 Å². The van der Waals surface area contributed by atoms with Crippen LogP contribution in [0, 0.1) is 0 Å². The summed E-state index contributed by atoms with van der Waals surface area (Å²) in [6.45, 7) is 3.33. The van der Waals surface area contributed by atoms with Gasteiger partial charge in [-0.2, -0.15) is 0 Å². The normalized spacial score (nSPS) is 20.3. The van der Waals surface area contributed by atoms with E-state index < -0.39 is 55.4 Å². The predicted molar refractivity (Wildman–Crippen MR) is 247 cm³/mol. The van der Waals surface area contributed by atoms with E-state index in [2.05, 4.69) is 68.5 Å². The van der Waals surface area contributed by atoms with Gasteiger partial charge in [-0.25, -0.2) is 0 Å². The van der Waals surface area contributed by atoms with Crippen LogP contribution in [0.4, 0.5) is 0 Å². The number of hydrogen-bond donors (Lipinski definition) is 4. The number of rotatable bonds is 40. The first kappa shape index (κ1) is 56.4. The van der Waals surface area contributed by atoms with Gasteiger partial charge in [-0.05, 0) is 64.2 Å². The second-order valence-electron chi connectivity index (χ2n) is 16.6. The molecule has 352 valence electrons. The zero-order valence-electron chi connectivity index (χ0n) is 38.4. The molecular weight excluding hydrogens is 773 g/mol. The standard InChI is InChI=1S/C51H88O10/c1-3-5-7-9-11-13-15-17-19-20-21-22-23-24-26-27-29-31-33-35-37-39-46(53)58-42-44(43-59-51-50(57)49(56)48(55)45(41-52)61-51)60-47(54)40-38-36-34-32-30-28-25-18-16-14-12-10-8-6-4-2/h19-20,22-23,26-27,31,33-34,36,44-45,48-52,55-57H,3-18,21,24-25,28-30,32,35,37-43H2,1-2H3/b20-19+,23-22+,27-26+,33-31+,36-34+/t44-,45-,48+,49?,50?,51-/m0/s1. The van der Waals surface area contributed by atoms with Gasteiger partial charge in [0.05, 0.1) is 13.2 Å². The van der Waals surface area contributed by atoms with Gasteiger partial charge in [0.2, 0.25) is 0 Å². The second kappa shape index (κ2) is 41.4. The summed E-state index contributed by atoms with van der Waals surface area (Å²) in [5, 5.41) is 40.1. The summed E-state index contributed by atoms with van der Waals surface area (Å²) in [7, 11) is 0. The van der Waals surface area contributed by atoms with Crippen LogP contribution in [0.3, 0.4) is 0 Å². The summed E-state index contributed by atoms with van der Waals surface area (Å²) in [6.07, 6.45) is 43.9. The molecule has 61 heavy (non-hydrogen) atoms. The lowest BCUT2D eigenvalue weighted by molar-refractivity contribution is -0.305. The fraction of sp³-hybridized carbons (Fsp3) is 0.765. The van der Waals surface area contributed by atoms with E-state index in [-0.39, 0.29) is 26.1 Å². The molecule has 1 heterocycles. The molecule has 6 atom stereocenters. The van der Waals surface area contributed by atoms with E-state index >= 15 is 0 Å². The van der Waals surface area contributed by atoms with Crippen molar-refractivity contribution in [1.82, 2.24) is 0 Å². The predicted octanol–water partition coefficient (Wildman–Crippen LogP) is 11.0. The van der Waals surface area contributed by atoms with Crippen LogP contribution in [0.1, 0.15) is 194 Å². The van der Waals surface area contributed by atoms with E-state index in [4.69, 9.17) is 18.9 Å². The molecule has 1 aliphatic rings. The molecule has 0 aromatic rings. The molecule has 1 saturated heterocycles. The van der Waals surface area contributed by atoms with Crippen molar-refractivity contribution in [3.8, 4) is 0 Å². The largest absolute Gasteiger partial charge is 0.462 e. The topological polar surface area (TPSA) is 152 Å². The Balaban J connectivity index is 2.35. The molecule has 0 aromatic carbocycles. The number of hydrogen-bond acceptors (Lipinski definition) is 10. The quantitative estimate of drug-likeness (QED) is 0.0266. The summed E-state index contributed by atoms with van der Waals surface area (Å²) >= 11 is 0. The molecule has 1 fully saturated rings. The third kappa shape index (κ3) is 32.7. The van der Waals surface area contributed by atoms with Gasteiger partial charge >= 0.3 is 11.9 Å². The van der Waals surface area contributed by atoms with Gasteiger partial charge in [0.1, 0.15) is 31.0 Å². The Bertz CT molecular complexity index is 1180. The molecule has 1 rings (SSSR count). The molecule has 0 bridgehead atoms. The molecule has 0 saturated carbocycles. The molecule has 0 amide bonds. The second-order valence-corrected chi connectivity index (χ2v) is 16.6. The Morgan fingerprint density at radius 2 is 0.951 bits per heavy atom. The molecular formula is C51H88O10. The first-order valence-electron chi connectivity index (χ1n) is 24.4. The van der Waals surface area contributed by atoms with Crippen molar-refractivity contribution in [3.63, 3.8) is 0 Å². The van der Waals surface area contributed by atoms with Crippen molar-refractivity contribution < 1.29 is 49.0 Å². The maximum Gasteiger partial charge on any atom is 0.306 e. The van der Waals surface area contributed by atoms with Gasteiger partial charge in [-0.3, -0.25) is 9.59 Å². The average molecular weight is 861 g/mol. The molecule has 0 aliphatic carbocycles. The Labute approximate surface area is 370 Å². The third-order valence-electron chi connectivity index (χ3n) is 10.9. The number of aliphatic hydroxyl groups excluding tert-OH is 4. The monoisotopic (exact) mass is 861 g/mol. The van der Waals surface area contributed by atoms with Crippen molar-refractivity contribution >= 4 is 11.9 Å². The fourth-order valence-corrected chi connectivity index (χ4v) is 7.02. The van der Waals surface area contributed by atoms with Gasteiger partial charge in [0.25, 0.3) is 0 Å². The third-order valence-corrected chi connectivity index (χ3v) is 10.9. The van der Waals surface area contributed by atoms with Gasteiger partial charge in [0.15, 0.2) is 12.4 Å². The summed E-state index contributed by atoms with van der Waals surface area (Å²) < 4.78 is 22.1. The maximum atomic E-state index is 12.8. The number of esters is 2. The number of aliphatic hydroxyl groups is 4. The van der Waals surface area contributed by atoms with Crippen LogP contribution in [0.15, 0.2) is 60.8 Å². The van der Waals surface area contributed by atoms with E-state index in [0.29, 0.717) is 12.8 Å². The van der Waals surface area contributed by atoms with Crippen molar-refractivity contribution in [2.24, 2.45) is 0 Å². The minimum Gasteiger partial charge on any atom is -0.462 e. The highest BCUT2D eigenvalue weighted by Gasteiger charge is 2.44. The summed E-state index contributed by atoms with van der Waals surface area (Å²) in [6, 6.07) is 0. The minimum absolute atomic E-state index is 0.133. The van der Waals surface area contributed by atoms with E-state index in [9.17, 15) is 30.0 Å². The van der Waals surface area contributed by atoms with Crippen molar-refractivity contribution in [3.05, 3.63) is 60.8 Å². The van der Waals surface area contributed by atoms with Crippen LogP contribution < -0.4 is 0 Å². The lowest BCUT2D eigenvalue weighted by atomic mass is 9.99. The number of allylic oxidation sites excluding steroid dienone is 10. The average Bonchev–Trinajstić information content (AvgIpc) is 3.26. The summed E-state index contributed by atoms with van der Waals surface area (Å²) in [4.78, 5) is 25.3. The van der Waals surface area contributed by atoms with Crippen LogP contribution in [0.25, 0.3) is 0 Å². The number of unbranched alkanes of at least 4 members (excludes halogenated alkanes) is 19. The van der Waals surface area contributed by atoms with E-state index in [1.165, 1.54) is 116 Å². The molecule has 1 aliphatic heterocycles. The van der Waals surface area contributed by atoms with Gasteiger partial charge in [-0.15, -0.1) is 0 Å². The van der Waals surface area contributed by atoms with Crippen molar-refractivity contribution in [1.29, 1.82) is 0 Å². The Kier molecular flexibility index (Phi) is 38.3. The zero-order valence-corrected chi connectivity index (χ0v) is 38.4. The lowest BCUT2D eigenvalue weighted by Gasteiger charge is -2.39. The molecule has 0 radical (unpaired) electrons. The summed E-state index contributed by atoms with van der Waals surface area (Å²) in [5.74, 6) is -0.929. The van der Waals surface area contributed by atoms with Crippen molar-refractivity contribution in [2.45, 2.75) is 230 Å². The Morgan fingerprint density at radius 1 is 0.508 bits per heavy atom. The van der Waals surface area contributed by atoms with Gasteiger partial charge in [-0.1, -0.05) is 177 Å². The number of carbonyl (C=O) groups is 2. The molecule has 4 N–H and O–H groups in total. The van der Waals surface area contributed by atoms with Crippen LogP contribution in [-0.4, -0.2) is 89.0 Å².